The summed E-state index contributed by atoms with van der Waals surface area (Å²) in [4.78, 5) is 4.42. The van der Waals surface area contributed by atoms with Crippen LogP contribution in [0.5, 0.6) is 5.75 Å². The van der Waals surface area contributed by atoms with Crippen LogP contribution in [-0.2, 0) is 17.9 Å². The predicted octanol–water partition coefficient (Wildman–Crippen LogP) is 2.62. The lowest BCUT2D eigenvalue weighted by Gasteiger charge is -2.09. The summed E-state index contributed by atoms with van der Waals surface area (Å²) in [5, 5.41) is 9.44. The zero-order valence-corrected chi connectivity index (χ0v) is 12.9. The van der Waals surface area contributed by atoms with E-state index in [4.69, 9.17) is 9.47 Å². The molecule has 3 rings (SSSR count). The molecule has 2 aromatic carbocycles. The third-order valence-electron chi connectivity index (χ3n) is 3.57. The molecule has 5 nitrogen and oxygen atoms in total. The molecule has 1 N–H and O–H groups in total. The van der Waals surface area contributed by atoms with E-state index in [2.05, 4.69) is 4.98 Å². The molecule has 0 spiro atoms. The van der Waals surface area contributed by atoms with Gasteiger partial charge in [-0.2, -0.15) is 0 Å². The molecule has 0 saturated heterocycles. The van der Waals surface area contributed by atoms with Gasteiger partial charge in [0.05, 0.1) is 24.2 Å². The van der Waals surface area contributed by atoms with Crippen molar-refractivity contribution in [3.8, 4) is 5.75 Å². The second-order valence-electron chi connectivity index (χ2n) is 5.10. The molecule has 5 heteroatoms. The molecule has 1 aromatic heterocycles. The number of benzene rings is 2. The van der Waals surface area contributed by atoms with E-state index < -0.39 is 0 Å². The number of aliphatic hydroxyl groups excluding tert-OH is 1. The first kappa shape index (κ1) is 15.5. The second kappa shape index (κ2) is 7.76. The Morgan fingerprint density at radius 3 is 2.52 bits per heavy atom. The number of hydrogen-bond donors (Lipinski definition) is 1. The molecular formula is C18H20N2O3. The van der Waals surface area contributed by atoms with Crippen LogP contribution in [0.3, 0.4) is 0 Å². The number of ether oxygens (including phenoxy) is 2. The lowest BCUT2D eigenvalue weighted by molar-refractivity contribution is 0.0938. The van der Waals surface area contributed by atoms with Crippen LogP contribution in [0.4, 0.5) is 0 Å². The molecule has 0 bridgehead atoms. The average molecular weight is 312 g/mol. The Morgan fingerprint density at radius 1 is 0.913 bits per heavy atom. The van der Waals surface area contributed by atoms with Crippen molar-refractivity contribution in [1.29, 1.82) is 0 Å². The fraction of sp³-hybridized carbons (Fsp3) is 0.278. The summed E-state index contributed by atoms with van der Waals surface area (Å²) in [7, 11) is 0. The van der Waals surface area contributed by atoms with Crippen LogP contribution in [0, 0.1) is 0 Å². The quantitative estimate of drug-likeness (QED) is 0.650. The van der Waals surface area contributed by atoms with E-state index in [1.165, 1.54) is 0 Å². The van der Waals surface area contributed by atoms with E-state index in [1.54, 1.807) is 0 Å². The molecule has 120 valence electrons. The first-order valence-corrected chi connectivity index (χ1v) is 7.69. The highest BCUT2D eigenvalue weighted by Gasteiger charge is 2.08. The Kier molecular flexibility index (Phi) is 5.24. The highest BCUT2D eigenvalue weighted by Crippen LogP contribution is 2.15. The Hall–Kier alpha value is -2.37. The van der Waals surface area contributed by atoms with E-state index >= 15 is 0 Å². The van der Waals surface area contributed by atoms with Gasteiger partial charge in [0.25, 0.3) is 0 Å². The van der Waals surface area contributed by atoms with Gasteiger partial charge in [0.2, 0.25) is 0 Å². The van der Waals surface area contributed by atoms with Gasteiger partial charge >= 0.3 is 0 Å². The summed E-state index contributed by atoms with van der Waals surface area (Å²) >= 11 is 0. The van der Waals surface area contributed by atoms with Crippen LogP contribution in [-0.4, -0.2) is 34.5 Å². The highest BCUT2D eigenvalue weighted by molar-refractivity contribution is 5.75. The number of imidazole rings is 1. The van der Waals surface area contributed by atoms with Gasteiger partial charge in [0.1, 0.15) is 24.8 Å². The van der Waals surface area contributed by atoms with E-state index in [0.29, 0.717) is 32.2 Å². The van der Waals surface area contributed by atoms with Crippen molar-refractivity contribution in [2.24, 2.45) is 0 Å². The first-order chi connectivity index (χ1) is 11.4. The van der Waals surface area contributed by atoms with E-state index in [-0.39, 0.29) is 6.61 Å². The molecule has 0 saturated carbocycles. The minimum atomic E-state index is -0.0776. The topological polar surface area (TPSA) is 56.5 Å². The van der Waals surface area contributed by atoms with Crippen molar-refractivity contribution in [1.82, 2.24) is 9.55 Å². The first-order valence-electron chi connectivity index (χ1n) is 7.69. The van der Waals surface area contributed by atoms with Crippen molar-refractivity contribution in [3.05, 3.63) is 60.4 Å². The zero-order chi connectivity index (χ0) is 15.9. The highest BCUT2D eigenvalue weighted by atomic mass is 16.5. The number of aliphatic hydroxyl groups is 1. The standard InChI is InChI=1S/C18H20N2O3/c21-14-18-19-16-8-4-5-9-17(16)20(18)10-11-22-12-13-23-15-6-2-1-3-7-15/h1-9,21H,10-14H2. The largest absolute Gasteiger partial charge is 0.491 e. The molecule has 0 aliphatic heterocycles. The van der Waals surface area contributed by atoms with E-state index in [0.717, 1.165) is 16.8 Å². The normalized spacial score (nSPS) is 11.0. The zero-order valence-electron chi connectivity index (χ0n) is 12.9. The minimum Gasteiger partial charge on any atom is -0.491 e. The van der Waals surface area contributed by atoms with Crippen LogP contribution in [0.2, 0.25) is 0 Å². The molecule has 0 aliphatic carbocycles. The van der Waals surface area contributed by atoms with Gasteiger partial charge < -0.3 is 19.1 Å². The van der Waals surface area contributed by atoms with Crippen LogP contribution in [0.25, 0.3) is 11.0 Å². The maximum Gasteiger partial charge on any atom is 0.135 e. The second-order valence-corrected chi connectivity index (χ2v) is 5.10. The molecule has 0 radical (unpaired) electrons. The van der Waals surface area contributed by atoms with E-state index in [1.807, 2.05) is 59.2 Å². The predicted molar refractivity (Wildman–Crippen MR) is 88.4 cm³/mol. The summed E-state index contributed by atoms with van der Waals surface area (Å²) in [6, 6.07) is 17.5. The van der Waals surface area contributed by atoms with Gasteiger partial charge in [-0.3, -0.25) is 0 Å². The van der Waals surface area contributed by atoms with Crippen LogP contribution in [0.15, 0.2) is 54.6 Å². The van der Waals surface area contributed by atoms with Crippen molar-refractivity contribution in [2.45, 2.75) is 13.2 Å². The van der Waals surface area contributed by atoms with Gasteiger partial charge in [-0.05, 0) is 24.3 Å². The lowest BCUT2D eigenvalue weighted by Crippen LogP contribution is -2.13. The molecule has 1 heterocycles. The summed E-state index contributed by atoms with van der Waals surface area (Å²) in [6.07, 6.45) is 0. The number of hydrogen-bond acceptors (Lipinski definition) is 4. The van der Waals surface area contributed by atoms with Gasteiger partial charge in [-0.1, -0.05) is 30.3 Å². The number of nitrogens with zero attached hydrogens (tertiary/aromatic N) is 2. The van der Waals surface area contributed by atoms with Crippen molar-refractivity contribution in [3.63, 3.8) is 0 Å². The molecular weight excluding hydrogens is 292 g/mol. The summed E-state index contributed by atoms with van der Waals surface area (Å²) in [5.41, 5.74) is 1.91. The molecule has 0 atom stereocenters. The van der Waals surface area contributed by atoms with E-state index in [9.17, 15) is 5.11 Å². The molecule has 0 unspecified atom stereocenters. The molecule has 23 heavy (non-hydrogen) atoms. The van der Waals surface area contributed by atoms with Crippen molar-refractivity contribution < 1.29 is 14.6 Å². The van der Waals surface area contributed by atoms with Gasteiger partial charge in [0.15, 0.2) is 0 Å². The molecule has 3 aromatic rings. The summed E-state index contributed by atoms with van der Waals surface area (Å²) in [6.45, 7) is 2.16. The fourth-order valence-corrected chi connectivity index (χ4v) is 2.49. The molecule has 0 amide bonds. The SMILES string of the molecule is OCc1nc2ccccc2n1CCOCCOc1ccccc1. The minimum absolute atomic E-state index is 0.0776. The van der Waals surface area contributed by atoms with Crippen molar-refractivity contribution >= 4 is 11.0 Å². The lowest BCUT2D eigenvalue weighted by atomic mass is 10.3. The summed E-state index contributed by atoms with van der Waals surface area (Å²) in [5.74, 6) is 1.51. The third kappa shape index (κ3) is 3.88. The summed E-state index contributed by atoms with van der Waals surface area (Å²) < 4.78 is 13.2. The maximum absolute atomic E-state index is 9.44. The fourth-order valence-electron chi connectivity index (χ4n) is 2.49. The van der Waals surface area contributed by atoms with Gasteiger partial charge in [0, 0.05) is 6.54 Å². The maximum atomic E-state index is 9.44. The van der Waals surface area contributed by atoms with Crippen LogP contribution < -0.4 is 4.74 Å². The Morgan fingerprint density at radius 2 is 1.70 bits per heavy atom. The van der Waals surface area contributed by atoms with Crippen molar-refractivity contribution in [2.75, 3.05) is 19.8 Å². The molecule has 0 aliphatic rings. The Balaban J connectivity index is 1.47. The number of fused-ring (bicyclic) bond motifs is 1. The monoisotopic (exact) mass is 312 g/mol. The third-order valence-corrected chi connectivity index (χ3v) is 3.57. The number of rotatable bonds is 8. The Bertz CT molecular complexity index is 740. The average Bonchev–Trinajstić information content (AvgIpc) is 2.97. The number of aromatic nitrogens is 2. The number of para-hydroxylation sites is 3. The van der Waals surface area contributed by atoms with Gasteiger partial charge in [-0.25, -0.2) is 4.98 Å². The molecule has 0 fully saturated rings. The van der Waals surface area contributed by atoms with Crippen LogP contribution in [0.1, 0.15) is 5.82 Å². The van der Waals surface area contributed by atoms with Crippen LogP contribution >= 0.6 is 0 Å². The van der Waals surface area contributed by atoms with Gasteiger partial charge in [-0.15, -0.1) is 0 Å². The Labute approximate surface area is 135 Å². The smallest absolute Gasteiger partial charge is 0.135 e.